The van der Waals surface area contributed by atoms with E-state index in [1.807, 2.05) is 0 Å². The minimum absolute atomic E-state index is 0.210. The number of benzene rings is 1. The largest absolute Gasteiger partial charge is 0.486 e. The van der Waals surface area contributed by atoms with Gasteiger partial charge < -0.3 is 24.1 Å². The van der Waals surface area contributed by atoms with Crippen LogP contribution in [-0.2, 0) is 9.47 Å². The van der Waals surface area contributed by atoms with Gasteiger partial charge in [0.1, 0.15) is 30.6 Å². The summed E-state index contributed by atoms with van der Waals surface area (Å²) in [6, 6.07) is 4.72. The molecule has 2 aliphatic rings. The molecule has 0 spiro atoms. The van der Waals surface area contributed by atoms with Gasteiger partial charge in [-0.05, 0) is 52.3 Å². The van der Waals surface area contributed by atoms with Crippen LogP contribution in [0.15, 0.2) is 18.2 Å². The number of ether oxygens (including phenoxy) is 4. The lowest BCUT2D eigenvalue weighted by atomic mass is 10.0. The van der Waals surface area contributed by atoms with Gasteiger partial charge in [0.15, 0.2) is 11.5 Å². The fourth-order valence-corrected chi connectivity index (χ4v) is 3.20. The molecule has 2 atom stereocenters. The van der Waals surface area contributed by atoms with Crippen LogP contribution in [0.25, 0.3) is 0 Å². The maximum atomic E-state index is 12.7. The molecule has 26 heavy (non-hydrogen) atoms. The van der Waals surface area contributed by atoms with Crippen molar-refractivity contribution in [3.63, 3.8) is 0 Å². The lowest BCUT2D eigenvalue weighted by Crippen LogP contribution is -2.51. The Bertz CT molecular complexity index is 681. The van der Waals surface area contributed by atoms with E-state index in [4.69, 9.17) is 18.9 Å². The summed E-state index contributed by atoms with van der Waals surface area (Å²) in [5.74, 6) is 1.24. The summed E-state index contributed by atoms with van der Waals surface area (Å²) >= 11 is 0. The van der Waals surface area contributed by atoms with Crippen molar-refractivity contribution in [2.45, 2.75) is 58.1 Å². The Morgan fingerprint density at radius 2 is 1.92 bits per heavy atom. The van der Waals surface area contributed by atoms with Gasteiger partial charge in [0.2, 0.25) is 0 Å². The van der Waals surface area contributed by atoms with Gasteiger partial charge in [0.05, 0.1) is 12.6 Å². The summed E-state index contributed by atoms with van der Waals surface area (Å²) in [5.41, 5.74) is -0.876. The summed E-state index contributed by atoms with van der Waals surface area (Å²) in [7, 11) is 0. The third-order valence-electron chi connectivity index (χ3n) is 4.38. The predicted octanol–water partition coefficient (Wildman–Crippen LogP) is 2.86. The molecule has 1 N–H and O–H groups in total. The number of nitrogens with zero attached hydrogens (tertiary/aromatic N) is 1. The molecule has 7 nitrogen and oxygen atoms in total. The molecule has 0 unspecified atom stereocenters. The van der Waals surface area contributed by atoms with E-state index in [0.29, 0.717) is 30.3 Å². The highest BCUT2D eigenvalue weighted by molar-refractivity contribution is 5.70. The Morgan fingerprint density at radius 3 is 2.58 bits per heavy atom. The molecule has 0 aliphatic carbocycles. The zero-order chi connectivity index (χ0) is 19.1. The van der Waals surface area contributed by atoms with Crippen molar-refractivity contribution in [2.24, 2.45) is 0 Å². The molecule has 1 aromatic carbocycles. The predicted molar refractivity (Wildman–Crippen MR) is 94.3 cm³/mol. The molecule has 0 saturated carbocycles. The summed E-state index contributed by atoms with van der Waals surface area (Å²) in [5, 5.41) is 10.9. The second kappa shape index (κ2) is 6.63. The fraction of sp³-hybridized carbons (Fsp3) is 0.632. The number of aliphatic hydroxyl groups excluding tert-OH is 1. The van der Waals surface area contributed by atoms with Crippen LogP contribution >= 0.6 is 0 Å². The normalized spacial score (nSPS) is 22.8. The summed E-state index contributed by atoms with van der Waals surface area (Å²) in [6.45, 7) is 10.2. The molecule has 2 aliphatic heterocycles. The Morgan fingerprint density at radius 1 is 1.27 bits per heavy atom. The van der Waals surface area contributed by atoms with Crippen LogP contribution in [0.4, 0.5) is 4.79 Å². The maximum Gasteiger partial charge on any atom is 0.413 e. The van der Waals surface area contributed by atoms with Gasteiger partial charge in [-0.15, -0.1) is 0 Å². The van der Waals surface area contributed by atoms with E-state index < -0.39 is 29.6 Å². The number of amides is 1. The first-order valence-electron chi connectivity index (χ1n) is 8.82. The molecule has 0 radical (unpaired) electrons. The minimum Gasteiger partial charge on any atom is -0.486 e. The highest BCUT2D eigenvalue weighted by Crippen LogP contribution is 2.38. The molecule has 1 aromatic rings. The van der Waals surface area contributed by atoms with Crippen LogP contribution in [0, 0.1) is 0 Å². The quantitative estimate of drug-likeness (QED) is 0.868. The van der Waals surface area contributed by atoms with Gasteiger partial charge in [-0.3, -0.25) is 4.90 Å². The van der Waals surface area contributed by atoms with E-state index >= 15 is 0 Å². The molecular weight excluding hydrogens is 338 g/mol. The van der Waals surface area contributed by atoms with Gasteiger partial charge in [0, 0.05) is 0 Å². The summed E-state index contributed by atoms with van der Waals surface area (Å²) in [6.07, 6.45) is -1.46. The van der Waals surface area contributed by atoms with Crippen molar-refractivity contribution < 1.29 is 28.8 Å². The van der Waals surface area contributed by atoms with Crippen molar-refractivity contribution in [1.82, 2.24) is 4.90 Å². The minimum atomic E-state index is -0.944. The van der Waals surface area contributed by atoms with Crippen LogP contribution in [0.5, 0.6) is 11.5 Å². The average molecular weight is 365 g/mol. The third kappa shape index (κ3) is 3.73. The van der Waals surface area contributed by atoms with Crippen molar-refractivity contribution >= 4 is 6.09 Å². The molecule has 0 bridgehead atoms. The van der Waals surface area contributed by atoms with E-state index in [2.05, 4.69) is 0 Å². The standard InChI is InChI=1S/C19H27NO6/c1-18(2,3)26-17(22)20-13(11-25-19(20,4)5)16(21)12-6-7-14-15(10-12)24-9-8-23-14/h6-7,10,13,16,21H,8-9,11H2,1-5H3/t13-,16+/m0/s1. The number of fused-ring (bicyclic) bond motifs is 1. The van der Waals surface area contributed by atoms with Crippen LogP contribution in [0.3, 0.4) is 0 Å². The van der Waals surface area contributed by atoms with Crippen LogP contribution in [0.2, 0.25) is 0 Å². The van der Waals surface area contributed by atoms with E-state index in [-0.39, 0.29) is 6.61 Å². The first-order chi connectivity index (χ1) is 12.1. The number of hydrogen-bond donors (Lipinski definition) is 1. The molecule has 3 rings (SSSR count). The monoisotopic (exact) mass is 365 g/mol. The van der Waals surface area contributed by atoms with Gasteiger partial charge in [-0.1, -0.05) is 6.07 Å². The highest BCUT2D eigenvalue weighted by Gasteiger charge is 2.48. The highest BCUT2D eigenvalue weighted by atomic mass is 16.6. The smallest absolute Gasteiger partial charge is 0.413 e. The topological polar surface area (TPSA) is 77.5 Å². The molecule has 0 aromatic heterocycles. The number of hydrogen-bond acceptors (Lipinski definition) is 6. The van der Waals surface area contributed by atoms with Crippen LogP contribution < -0.4 is 9.47 Å². The van der Waals surface area contributed by atoms with Gasteiger partial charge in [0.25, 0.3) is 0 Å². The van der Waals surface area contributed by atoms with Crippen molar-refractivity contribution in [1.29, 1.82) is 0 Å². The second-order valence-corrected chi connectivity index (χ2v) is 8.02. The molecule has 144 valence electrons. The van der Waals surface area contributed by atoms with Crippen molar-refractivity contribution in [3.05, 3.63) is 23.8 Å². The number of rotatable bonds is 2. The zero-order valence-corrected chi connectivity index (χ0v) is 15.9. The Labute approximate surface area is 153 Å². The zero-order valence-electron chi connectivity index (χ0n) is 15.9. The van der Waals surface area contributed by atoms with Gasteiger partial charge in [-0.2, -0.15) is 0 Å². The Kier molecular flexibility index (Phi) is 4.79. The molecule has 2 heterocycles. The second-order valence-electron chi connectivity index (χ2n) is 8.02. The molecule has 7 heteroatoms. The van der Waals surface area contributed by atoms with Gasteiger partial charge in [-0.25, -0.2) is 4.79 Å². The third-order valence-corrected chi connectivity index (χ3v) is 4.38. The average Bonchev–Trinajstić information content (AvgIpc) is 2.87. The fourth-order valence-electron chi connectivity index (χ4n) is 3.20. The van der Waals surface area contributed by atoms with E-state index in [1.165, 1.54) is 4.90 Å². The van der Waals surface area contributed by atoms with E-state index in [0.717, 1.165) is 0 Å². The molecule has 1 saturated heterocycles. The number of aliphatic hydroxyl groups is 1. The molecular formula is C19H27NO6. The summed E-state index contributed by atoms with van der Waals surface area (Å²) in [4.78, 5) is 14.2. The lowest BCUT2D eigenvalue weighted by Gasteiger charge is -2.36. The molecule has 1 amide bonds. The van der Waals surface area contributed by atoms with E-state index in [9.17, 15) is 9.90 Å². The van der Waals surface area contributed by atoms with Crippen molar-refractivity contribution in [3.8, 4) is 11.5 Å². The SMILES string of the molecule is CC(C)(C)OC(=O)N1[C@H]([C@H](O)c2ccc3c(c2)OCCO3)COC1(C)C. The van der Waals surface area contributed by atoms with E-state index in [1.54, 1.807) is 52.8 Å². The maximum absolute atomic E-state index is 12.7. The lowest BCUT2D eigenvalue weighted by molar-refractivity contribution is -0.0679. The van der Waals surface area contributed by atoms with Crippen molar-refractivity contribution in [2.75, 3.05) is 19.8 Å². The first kappa shape index (κ1) is 18.8. The molecule has 1 fully saturated rings. The number of carbonyl (C=O) groups is 1. The number of carbonyl (C=O) groups excluding carboxylic acids is 1. The van der Waals surface area contributed by atoms with Crippen LogP contribution in [-0.4, -0.2) is 53.3 Å². The first-order valence-corrected chi connectivity index (χ1v) is 8.82. The Hall–Kier alpha value is -1.99. The van der Waals surface area contributed by atoms with Crippen LogP contribution in [0.1, 0.15) is 46.3 Å². The Balaban J connectivity index is 1.85. The van der Waals surface area contributed by atoms with Gasteiger partial charge >= 0.3 is 6.09 Å². The summed E-state index contributed by atoms with van der Waals surface area (Å²) < 4.78 is 22.4.